The Bertz CT molecular complexity index is 1310. The molecule has 2 saturated heterocycles. The van der Waals surface area contributed by atoms with Crippen LogP contribution in [0, 0.1) is 11.8 Å². The molecule has 12 heteroatoms. The number of nitrogens with zero attached hydrogens (tertiary/aromatic N) is 5. The quantitative estimate of drug-likeness (QED) is 0.468. The van der Waals surface area contributed by atoms with E-state index in [1.165, 1.54) is 0 Å². The highest BCUT2D eigenvalue weighted by Crippen LogP contribution is 2.39. The molecule has 1 aromatic heterocycles. The van der Waals surface area contributed by atoms with Gasteiger partial charge in [0, 0.05) is 49.5 Å². The van der Waals surface area contributed by atoms with E-state index in [1.54, 1.807) is 34.1 Å². The van der Waals surface area contributed by atoms with Gasteiger partial charge in [0.2, 0.25) is 11.9 Å². The highest BCUT2D eigenvalue weighted by Gasteiger charge is 2.41. The van der Waals surface area contributed by atoms with Crippen molar-refractivity contribution in [2.24, 2.45) is 11.8 Å². The molecule has 1 saturated carbocycles. The fraction of sp³-hybridized carbons (Fsp3) is 0.625. The van der Waals surface area contributed by atoms with E-state index in [1.807, 2.05) is 20.9 Å². The summed E-state index contributed by atoms with van der Waals surface area (Å²) in [6.07, 6.45) is 0.0151. The zero-order valence-electron chi connectivity index (χ0n) is 25.9. The summed E-state index contributed by atoms with van der Waals surface area (Å²) in [6.45, 7) is 6.72. The number of hydrogen-bond acceptors (Lipinski definition) is 7. The van der Waals surface area contributed by atoms with Crippen LogP contribution in [-0.2, 0) is 22.1 Å². The average Bonchev–Trinajstić information content (AvgIpc) is 3.44. The number of hydrogen-bond donors (Lipinski definition) is 1. The zero-order chi connectivity index (χ0) is 31.6. The number of amides is 2. The number of piperidine rings is 1. The van der Waals surface area contributed by atoms with E-state index < -0.39 is 11.7 Å². The first-order chi connectivity index (χ1) is 20.9. The normalized spacial score (nSPS) is 25.2. The van der Waals surface area contributed by atoms with Crippen molar-refractivity contribution in [2.45, 2.75) is 76.8 Å². The summed E-state index contributed by atoms with van der Waals surface area (Å²) >= 11 is 0. The molecule has 1 aliphatic carbocycles. The second-order valence-corrected chi connectivity index (χ2v) is 12.7. The first kappa shape index (κ1) is 32.2. The Hall–Kier alpha value is -3.25. The number of nitrogens with one attached hydrogen (secondary N) is 1. The Labute approximate surface area is 257 Å². The molecule has 2 amide bonds. The predicted molar refractivity (Wildman–Crippen MR) is 160 cm³/mol. The highest BCUT2D eigenvalue weighted by atomic mass is 19.4. The Morgan fingerprint density at radius 3 is 2.34 bits per heavy atom. The first-order valence-electron chi connectivity index (χ1n) is 15.6. The van der Waals surface area contributed by atoms with E-state index in [2.05, 4.69) is 27.2 Å². The van der Waals surface area contributed by atoms with Crippen LogP contribution in [0.25, 0.3) is 0 Å². The molecular weight excluding hydrogens is 573 g/mol. The molecule has 1 N–H and O–H groups in total. The summed E-state index contributed by atoms with van der Waals surface area (Å²) in [4.78, 5) is 40.7. The van der Waals surface area contributed by atoms with Crippen molar-refractivity contribution in [1.82, 2.24) is 24.7 Å². The lowest BCUT2D eigenvalue weighted by atomic mass is 9.89. The van der Waals surface area contributed by atoms with E-state index in [-0.39, 0.29) is 60.0 Å². The van der Waals surface area contributed by atoms with Crippen molar-refractivity contribution in [3.05, 3.63) is 47.3 Å². The minimum Gasteiger partial charge on any atom is -0.372 e. The van der Waals surface area contributed by atoms with Crippen LogP contribution in [0.2, 0.25) is 0 Å². The summed E-state index contributed by atoms with van der Waals surface area (Å²) in [7, 11) is 3.90. The smallest absolute Gasteiger partial charge is 0.372 e. The van der Waals surface area contributed by atoms with Crippen LogP contribution in [-0.4, -0.2) is 95.0 Å². The molecular formula is C32H43F3N6O3. The molecule has 1 aromatic carbocycles. The molecule has 0 unspecified atom stereocenters. The van der Waals surface area contributed by atoms with Crippen molar-refractivity contribution < 1.29 is 27.5 Å². The number of benzene rings is 1. The average molecular weight is 617 g/mol. The second kappa shape index (κ2) is 13.4. The van der Waals surface area contributed by atoms with Gasteiger partial charge in [-0.15, -0.1) is 0 Å². The summed E-state index contributed by atoms with van der Waals surface area (Å²) < 4.78 is 47.8. The molecule has 0 bridgehead atoms. The van der Waals surface area contributed by atoms with Gasteiger partial charge in [0.05, 0.1) is 23.5 Å². The van der Waals surface area contributed by atoms with Crippen LogP contribution >= 0.6 is 0 Å². The van der Waals surface area contributed by atoms with Crippen LogP contribution in [0.3, 0.4) is 0 Å². The molecule has 0 radical (unpaired) electrons. The van der Waals surface area contributed by atoms with Gasteiger partial charge in [-0.05, 0) is 96.3 Å². The molecule has 44 heavy (non-hydrogen) atoms. The van der Waals surface area contributed by atoms with Crippen LogP contribution in [0.15, 0.2) is 30.5 Å². The SMILES string of the molecule is C[C@@H]1CN(C(=O)[C@H]2CCC[C@H]2Cc2nc(Nc3ccc(C(=O)N(C)C4CCN(C)CC4)cc3)ncc2C(F)(F)F)C[C@H](C)O1. The van der Waals surface area contributed by atoms with Gasteiger partial charge in [0.25, 0.3) is 5.91 Å². The van der Waals surface area contributed by atoms with Crippen molar-refractivity contribution in [1.29, 1.82) is 0 Å². The maximum Gasteiger partial charge on any atom is 0.419 e. The van der Waals surface area contributed by atoms with E-state index in [9.17, 15) is 22.8 Å². The van der Waals surface area contributed by atoms with E-state index in [0.717, 1.165) is 38.5 Å². The van der Waals surface area contributed by atoms with Crippen LogP contribution < -0.4 is 5.32 Å². The number of rotatable bonds is 7. The third-order valence-corrected chi connectivity index (χ3v) is 9.28. The maximum absolute atomic E-state index is 14.0. The first-order valence-corrected chi connectivity index (χ1v) is 15.6. The molecule has 3 aliphatic rings. The minimum atomic E-state index is -4.62. The lowest BCUT2D eigenvalue weighted by molar-refractivity contribution is -0.148. The number of aromatic nitrogens is 2. The number of alkyl halides is 3. The van der Waals surface area contributed by atoms with E-state index in [0.29, 0.717) is 37.2 Å². The number of carbonyl (C=O) groups excluding carboxylic acids is 2. The van der Waals surface area contributed by atoms with Gasteiger partial charge in [0.15, 0.2) is 0 Å². The van der Waals surface area contributed by atoms with Gasteiger partial charge >= 0.3 is 6.18 Å². The van der Waals surface area contributed by atoms with Crippen molar-refractivity contribution in [3.63, 3.8) is 0 Å². The molecule has 4 atom stereocenters. The van der Waals surface area contributed by atoms with Gasteiger partial charge in [-0.25, -0.2) is 9.97 Å². The molecule has 0 spiro atoms. The lowest BCUT2D eigenvalue weighted by Crippen LogP contribution is -2.50. The lowest BCUT2D eigenvalue weighted by Gasteiger charge is -2.37. The molecule has 9 nitrogen and oxygen atoms in total. The van der Waals surface area contributed by atoms with Crippen molar-refractivity contribution >= 4 is 23.5 Å². The zero-order valence-corrected chi connectivity index (χ0v) is 25.9. The minimum absolute atomic E-state index is 0.00781. The Kier molecular flexibility index (Phi) is 9.79. The largest absolute Gasteiger partial charge is 0.419 e. The van der Waals surface area contributed by atoms with Gasteiger partial charge in [0.1, 0.15) is 0 Å². The number of carbonyl (C=O) groups is 2. The number of anilines is 2. The molecule has 2 aromatic rings. The van der Waals surface area contributed by atoms with Crippen molar-refractivity contribution in [3.8, 4) is 0 Å². The Balaban J connectivity index is 1.28. The maximum atomic E-state index is 14.0. The summed E-state index contributed by atoms with van der Waals surface area (Å²) in [5.74, 6) is -0.635. The van der Waals surface area contributed by atoms with Crippen LogP contribution in [0.5, 0.6) is 0 Å². The standard InChI is InChI=1S/C32H43F3N6O3/c1-20-18-41(19-21(2)44-20)30(43)26-7-5-6-23(26)16-28-27(32(33,34)35)17-36-31(38-28)37-24-10-8-22(9-11-24)29(42)40(4)25-12-14-39(3)15-13-25/h8-11,17,20-21,23,25-26H,5-7,12-16,18-19H2,1-4H3,(H,36,37,38)/t20-,21+,23-,26-/m0/s1. The van der Waals surface area contributed by atoms with Gasteiger partial charge < -0.3 is 24.8 Å². The predicted octanol–water partition coefficient (Wildman–Crippen LogP) is 5.00. The number of morpholine rings is 1. The van der Waals surface area contributed by atoms with E-state index in [4.69, 9.17) is 4.74 Å². The number of ether oxygens (including phenoxy) is 1. The van der Waals surface area contributed by atoms with Crippen LogP contribution in [0.1, 0.15) is 67.6 Å². The topological polar surface area (TPSA) is 90.9 Å². The number of likely N-dealkylation sites (tertiary alicyclic amines) is 1. The van der Waals surface area contributed by atoms with Gasteiger partial charge in [-0.3, -0.25) is 9.59 Å². The molecule has 2 aliphatic heterocycles. The Morgan fingerprint density at radius 1 is 1.05 bits per heavy atom. The molecule has 3 heterocycles. The molecule has 240 valence electrons. The van der Waals surface area contributed by atoms with Crippen LogP contribution in [0.4, 0.5) is 24.8 Å². The Morgan fingerprint density at radius 2 is 1.70 bits per heavy atom. The fourth-order valence-electron chi connectivity index (χ4n) is 6.89. The monoisotopic (exact) mass is 616 g/mol. The summed E-state index contributed by atoms with van der Waals surface area (Å²) in [5.41, 5.74) is 0.0910. The van der Waals surface area contributed by atoms with E-state index >= 15 is 0 Å². The molecule has 3 fully saturated rings. The van der Waals surface area contributed by atoms with Crippen molar-refractivity contribution in [2.75, 3.05) is 45.6 Å². The third-order valence-electron chi connectivity index (χ3n) is 9.28. The van der Waals surface area contributed by atoms with Gasteiger partial charge in [-0.2, -0.15) is 13.2 Å². The highest BCUT2D eigenvalue weighted by molar-refractivity contribution is 5.94. The summed E-state index contributed by atoms with van der Waals surface area (Å²) in [5, 5.41) is 3.00. The molecule has 5 rings (SSSR count). The third kappa shape index (κ3) is 7.51. The van der Waals surface area contributed by atoms with Gasteiger partial charge in [-0.1, -0.05) is 6.42 Å². The fourth-order valence-corrected chi connectivity index (χ4v) is 6.89. The number of halogens is 3. The second-order valence-electron chi connectivity index (χ2n) is 12.7. The summed E-state index contributed by atoms with van der Waals surface area (Å²) in [6, 6.07) is 6.98.